The van der Waals surface area contributed by atoms with E-state index in [-0.39, 0.29) is 0 Å². The zero-order chi connectivity index (χ0) is 17.6. The third-order valence-electron chi connectivity index (χ3n) is 5.19. The zero-order valence-corrected chi connectivity index (χ0v) is 17.2. The average molecular weight is 400 g/mol. The minimum Gasteiger partial charge on any atom is -0.340 e. The molecule has 0 radical (unpaired) electrons. The first-order valence-corrected chi connectivity index (χ1v) is 10.9. The maximum atomic E-state index is 3.51. The van der Waals surface area contributed by atoms with E-state index in [9.17, 15) is 0 Å². The van der Waals surface area contributed by atoms with Crippen molar-refractivity contribution in [2.45, 2.75) is 65.3 Å². The Labute approximate surface area is 160 Å². The predicted octanol–water partition coefficient (Wildman–Crippen LogP) is 7.54. The van der Waals surface area contributed by atoms with Gasteiger partial charge in [0.05, 0.1) is 0 Å². The second-order valence-electron chi connectivity index (χ2n) is 7.36. The molecule has 0 spiro atoms. The van der Waals surface area contributed by atoms with E-state index in [4.69, 9.17) is 0 Å². The predicted molar refractivity (Wildman–Crippen MR) is 115 cm³/mol. The molecule has 3 aromatic rings. The van der Waals surface area contributed by atoms with Crippen LogP contribution in [0.2, 0.25) is 0 Å². The van der Waals surface area contributed by atoms with Crippen LogP contribution in [0.3, 0.4) is 0 Å². The molecule has 25 heavy (non-hydrogen) atoms. The minimum atomic E-state index is 1.13. The fourth-order valence-electron chi connectivity index (χ4n) is 3.82. The Hall–Kier alpha value is -1.28. The van der Waals surface area contributed by atoms with Crippen LogP contribution in [0, 0.1) is 13.8 Å². The normalized spacial score (nSPS) is 11.6. The van der Waals surface area contributed by atoms with Crippen molar-refractivity contribution < 1.29 is 0 Å². The number of fused-ring (bicyclic) bond motifs is 3. The van der Waals surface area contributed by atoms with Crippen LogP contribution in [0.5, 0.6) is 0 Å². The molecule has 1 aromatic heterocycles. The van der Waals surface area contributed by atoms with Gasteiger partial charge in [0.2, 0.25) is 0 Å². The van der Waals surface area contributed by atoms with Gasteiger partial charge in [0.1, 0.15) is 0 Å². The molecule has 0 saturated heterocycles. The fourth-order valence-corrected chi connectivity index (χ4v) is 4.22. The van der Waals surface area contributed by atoms with Crippen molar-refractivity contribution in [2.75, 3.05) is 5.33 Å². The van der Waals surface area contributed by atoms with Crippen molar-refractivity contribution in [3.05, 3.63) is 47.5 Å². The van der Waals surface area contributed by atoms with E-state index in [2.05, 4.69) is 70.7 Å². The van der Waals surface area contributed by atoms with Gasteiger partial charge in [0.25, 0.3) is 0 Å². The lowest BCUT2D eigenvalue weighted by Gasteiger charge is -2.08. The lowest BCUT2D eigenvalue weighted by molar-refractivity contribution is 0.562. The molecule has 2 heteroatoms. The first-order valence-electron chi connectivity index (χ1n) is 9.76. The van der Waals surface area contributed by atoms with E-state index in [0.29, 0.717) is 0 Å². The molecule has 0 bridgehead atoms. The largest absolute Gasteiger partial charge is 0.340 e. The van der Waals surface area contributed by atoms with Gasteiger partial charge in [-0.1, -0.05) is 71.3 Å². The molecule has 0 unspecified atom stereocenters. The minimum absolute atomic E-state index is 1.13. The maximum Gasteiger partial charge on any atom is 0.0491 e. The maximum absolute atomic E-state index is 3.51. The van der Waals surface area contributed by atoms with E-state index in [1.165, 1.54) is 77.9 Å². The second kappa shape index (κ2) is 8.89. The zero-order valence-electron chi connectivity index (χ0n) is 15.7. The van der Waals surface area contributed by atoms with Crippen molar-refractivity contribution >= 4 is 37.7 Å². The summed E-state index contributed by atoms with van der Waals surface area (Å²) in [6.45, 7) is 5.51. The number of halogens is 1. The van der Waals surface area contributed by atoms with Gasteiger partial charge in [0, 0.05) is 33.7 Å². The Morgan fingerprint density at radius 1 is 0.680 bits per heavy atom. The fraction of sp³-hybridized carbons (Fsp3) is 0.478. The van der Waals surface area contributed by atoms with E-state index < -0.39 is 0 Å². The number of hydrogen-bond acceptors (Lipinski definition) is 0. The molecule has 0 saturated carbocycles. The Bertz CT molecular complexity index is 772. The molecule has 1 nitrogen and oxygen atoms in total. The summed E-state index contributed by atoms with van der Waals surface area (Å²) in [6.07, 6.45) is 9.46. The summed E-state index contributed by atoms with van der Waals surface area (Å²) in [5, 5.41) is 3.97. The van der Waals surface area contributed by atoms with Crippen LogP contribution >= 0.6 is 15.9 Å². The highest BCUT2D eigenvalue weighted by Gasteiger charge is 2.10. The van der Waals surface area contributed by atoms with Crippen LogP contribution in [-0.2, 0) is 6.54 Å². The second-order valence-corrected chi connectivity index (χ2v) is 8.15. The molecule has 2 aromatic carbocycles. The number of nitrogens with zero attached hydrogens (tertiary/aromatic N) is 1. The highest BCUT2D eigenvalue weighted by Crippen LogP contribution is 2.31. The molecule has 0 amide bonds. The molecule has 3 rings (SSSR count). The number of aromatic nitrogens is 1. The first-order chi connectivity index (χ1) is 12.2. The Morgan fingerprint density at radius 2 is 1.16 bits per heavy atom. The number of benzene rings is 2. The summed E-state index contributed by atoms with van der Waals surface area (Å²) in [5.74, 6) is 0. The molecule has 0 aliphatic carbocycles. The number of rotatable bonds is 9. The average Bonchev–Trinajstić information content (AvgIpc) is 2.90. The Kier molecular flexibility index (Phi) is 6.58. The Balaban J connectivity index is 1.70. The van der Waals surface area contributed by atoms with E-state index in [0.717, 1.165) is 11.9 Å². The van der Waals surface area contributed by atoms with Crippen LogP contribution in [0.1, 0.15) is 56.1 Å². The van der Waals surface area contributed by atoms with E-state index in [1.807, 2.05) is 0 Å². The van der Waals surface area contributed by atoms with E-state index in [1.54, 1.807) is 0 Å². The third-order valence-corrected chi connectivity index (χ3v) is 5.75. The van der Waals surface area contributed by atoms with Gasteiger partial charge in [-0.3, -0.25) is 0 Å². The molecule has 0 aliphatic heterocycles. The lowest BCUT2D eigenvalue weighted by atomic mass is 10.1. The van der Waals surface area contributed by atoms with Gasteiger partial charge in [0.15, 0.2) is 0 Å². The van der Waals surface area contributed by atoms with Crippen LogP contribution < -0.4 is 0 Å². The summed E-state index contributed by atoms with van der Waals surface area (Å²) in [5.41, 5.74) is 5.47. The summed E-state index contributed by atoms with van der Waals surface area (Å²) in [7, 11) is 0. The highest BCUT2D eigenvalue weighted by atomic mass is 79.9. The van der Waals surface area contributed by atoms with Crippen molar-refractivity contribution in [2.24, 2.45) is 0 Å². The van der Waals surface area contributed by atoms with Gasteiger partial charge in [-0.05, 0) is 51.0 Å². The van der Waals surface area contributed by atoms with Gasteiger partial charge in [-0.15, -0.1) is 0 Å². The first kappa shape index (κ1) is 18.5. The summed E-state index contributed by atoms with van der Waals surface area (Å²) in [6, 6.07) is 13.8. The molecule has 0 atom stereocenters. The lowest BCUT2D eigenvalue weighted by Crippen LogP contribution is -1.97. The van der Waals surface area contributed by atoms with Crippen LogP contribution in [0.4, 0.5) is 0 Å². The molecular weight excluding hydrogens is 370 g/mol. The topological polar surface area (TPSA) is 4.93 Å². The standard InChI is InChI=1S/C23H30BrN/c1-18-10-12-22-20(16-18)21-17-19(2)11-13-23(21)25(22)15-9-7-5-3-4-6-8-14-24/h10-13,16-17H,3-9,14-15H2,1-2H3. The molecule has 0 aliphatic rings. The van der Waals surface area contributed by atoms with Crippen molar-refractivity contribution in [1.29, 1.82) is 0 Å². The van der Waals surface area contributed by atoms with Gasteiger partial charge in [-0.25, -0.2) is 0 Å². The molecule has 134 valence electrons. The molecule has 0 fully saturated rings. The van der Waals surface area contributed by atoms with Crippen molar-refractivity contribution in [1.82, 2.24) is 4.57 Å². The van der Waals surface area contributed by atoms with Gasteiger partial charge < -0.3 is 4.57 Å². The quantitative estimate of drug-likeness (QED) is 0.258. The SMILES string of the molecule is Cc1ccc2c(c1)c1cc(C)ccc1n2CCCCCCCCCBr. The smallest absolute Gasteiger partial charge is 0.0491 e. The number of aryl methyl sites for hydroxylation is 3. The number of hydrogen-bond donors (Lipinski definition) is 0. The monoisotopic (exact) mass is 399 g/mol. The van der Waals surface area contributed by atoms with Crippen molar-refractivity contribution in [3.63, 3.8) is 0 Å². The van der Waals surface area contributed by atoms with Crippen LogP contribution in [0.25, 0.3) is 21.8 Å². The van der Waals surface area contributed by atoms with Gasteiger partial charge in [-0.2, -0.15) is 0 Å². The van der Waals surface area contributed by atoms with Gasteiger partial charge >= 0.3 is 0 Å². The number of unbranched alkanes of at least 4 members (excludes halogenated alkanes) is 6. The molecule has 0 N–H and O–H groups in total. The van der Waals surface area contributed by atoms with Crippen LogP contribution in [0.15, 0.2) is 36.4 Å². The Morgan fingerprint density at radius 3 is 1.68 bits per heavy atom. The summed E-state index contributed by atoms with van der Waals surface area (Å²) < 4.78 is 2.54. The summed E-state index contributed by atoms with van der Waals surface area (Å²) in [4.78, 5) is 0. The molecular formula is C23H30BrN. The summed E-state index contributed by atoms with van der Waals surface area (Å²) >= 11 is 3.51. The molecule has 1 heterocycles. The number of alkyl halides is 1. The highest BCUT2D eigenvalue weighted by molar-refractivity contribution is 9.09. The third kappa shape index (κ3) is 4.47. The van der Waals surface area contributed by atoms with E-state index >= 15 is 0 Å². The van der Waals surface area contributed by atoms with Crippen LogP contribution in [-0.4, -0.2) is 9.90 Å². The van der Waals surface area contributed by atoms with Crippen molar-refractivity contribution in [3.8, 4) is 0 Å².